The molecule has 0 aliphatic carbocycles. The highest BCUT2D eigenvalue weighted by Crippen LogP contribution is 2.25. The van der Waals surface area contributed by atoms with E-state index < -0.39 is 5.97 Å². The minimum Gasteiger partial charge on any atom is -0.481 e. The van der Waals surface area contributed by atoms with Crippen molar-refractivity contribution >= 4 is 23.6 Å². The van der Waals surface area contributed by atoms with Crippen LogP contribution in [0, 0.1) is 6.92 Å². The lowest BCUT2D eigenvalue weighted by molar-refractivity contribution is -0.137. The average molecular weight is 319 g/mol. The topological polar surface area (TPSA) is 89.9 Å². The number of benzene rings is 1. The second-order valence-corrected chi connectivity index (χ2v) is 5.56. The molecule has 2 N–H and O–H groups in total. The van der Waals surface area contributed by atoms with Crippen molar-refractivity contribution in [2.24, 2.45) is 0 Å². The highest BCUT2D eigenvalue weighted by Gasteiger charge is 2.25. The third-order valence-corrected chi connectivity index (χ3v) is 3.91. The van der Waals surface area contributed by atoms with E-state index in [1.807, 2.05) is 13.0 Å². The van der Waals surface area contributed by atoms with Gasteiger partial charge in [-0.05, 0) is 31.0 Å². The third-order valence-electron chi connectivity index (χ3n) is 3.91. The van der Waals surface area contributed by atoms with Gasteiger partial charge in [0.25, 0.3) is 5.91 Å². The van der Waals surface area contributed by atoms with Crippen molar-refractivity contribution in [2.45, 2.75) is 19.8 Å². The number of amides is 3. The summed E-state index contributed by atoms with van der Waals surface area (Å²) in [6.45, 7) is 3.36. The van der Waals surface area contributed by atoms with Gasteiger partial charge in [-0.2, -0.15) is 0 Å². The number of hydrogen-bond donors (Lipinski definition) is 2. The largest absolute Gasteiger partial charge is 0.481 e. The van der Waals surface area contributed by atoms with Gasteiger partial charge in [-0.15, -0.1) is 0 Å². The summed E-state index contributed by atoms with van der Waals surface area (Å²) in [6, 6.07) is 5.14. The van der Waals surface area contributed by atoms with Crippen molar-refractivity contribution in [3.63, 3.8) is 0 Å². The molecule has 0 atom stereocenters. The Labute approximate surface area is 134 Å². The fraction of sp³-hybridized carbons (Fsp3) is 0.438. The normalized spacial score (nSPS) is 13.8. The van der Waals surface area contributed by atoms with E-state index in [0.717, 1.165) is 11.3 Å². The smallest absolute Gasteiger partial charge is 0.322 e. The predicted octanol–water partition coefficient (Wildman–Crippen LogP) is 1.46. The first-order chi connectivity index (χ1) is 10.9. The zero-order valence-corrected chi connectivity index (χ0v) is 13.3. The molecule has 0 aromatic heterocycles. The molecule has 2 rings (SSSR count). The maximum atomic E-state index is 12.5. The van der Waals surface area contributed by atoms with Crippen LogP contribution in [0.15, 0.2) is 18.2 Å². The number of aliphatic carboxylic acids is 1. The van der Waals surface area contributed by atoms with Crippen molar-refractivity contribution in [1.82, 2.24) is 10.2 Å². The Morgan fingerprint density at radius 3 is 2.74 bits per heavy atom. The zero-order valence-electron chi connectivity index (χ0n) is 13.3. The zero-order chi connectivity index (χ0) is 17.0. The SMILES string of the molecule is Cc1c(C(=O)N(C)CCCC(=O)O)cccc1N1CCNC1=O. The van der Waals surface area contributed by atoms with Gasteiger partial charge in [0.05, 0.1) is 0 Å². The van der Waals surface area contributed by atoms with Crippen molar-refractivity contribution in [1.29, 1.82) is 0 Å². The Balaban J connectivity index is 2.14. The van der Waals surface area contributed by atoms with Gasteiger partial charge in [-0.1, -0.05) is 6.07 Å². The Morgan fingerprint density at radius 2 is 2.13 bits per heavy atom. The van der Waals surface area contributed by atoms with Crippen LogP contribution in [0.25, 0.3) is 0 Å². The minimum absolute atomic E-state index is 0.0323. The van der Waals surface area contributed by atoms with E-state index in [9.17, 15) is 14.4 Å². The maximum Gasteiger partial charge on any atom is 0.322 e. The third kappa shape index (κ3) is 3.80. The molecular weight excluding hydrogens is 298 g/mol. The molecule has 3 amide bonds. The Hall–Kier alpha value is -2.57. The maximum absolute atomic E-state index is 12.5. The van der Waals surface area contributed by atoms with Crippen molar-refractivity contribution < 1.29 is 19.5 Å². The van der Waals surface area contributed by atoms with E-state index in [1.54, 1.807) is 24.1 Å². The lowest BCUT2D eigenvalue weighted by Gasteiger charge is -2.22. The highest BCUT2D eigenvalue weighted by atomic mass is 16.4. The fourth-order valence-electron chi connectivity index (χ4n) is 2.62. The summed E-state index contributed by atoms with van der Waals surface area (Å²) in [4.78, 5) is 38.0. The Morgan fingerprint density at radius 1 is 1.39 bits per heavy atom. The van der Waals surface area contributed by atoms with E-state index in [4.69, 9.17) is 5.11 Å². The van der Waals surface area contributed by atoms with Crippen LogP contribution in [0.3, 0.4) is 0 Å². The first-order valence-electron chi connectivity index (χ1n) is 7.54. The Kier molecular flexibility index (Phi) is 5.20. The molecule has 0 spiro atoms. The molecule has 0 bridgehead atoms. The van der Waals surface area contributed by atoms with Crippen LogP contribution in [0.4, 0.5) is 10.5 Å². The van der Waals surface area contributed by atoms with Crippen LogP contribution in [0.5, 0.6) is 0 Å². The van der Waals surface area contributed by atoms with Gasteiger partial charge < -0.3 is 15.3 Å². The summed E-state index contributed by atoms with van der Waals surface area (Å²) in [6.07, 6.45) is 0.440. The predicted molar refractivity (Wildman–Crippen MR) is 85.8 cm³/mol. The number of urea groups is 1. The number of carbonyl (C=O) groups excluding carboxylic acids is 2. The lowest BCUT2D eigenvalue weighted by Crippen LogP contribution is -2.31. The van der Waals surface area contributed by atoms with Gasteiger partial charge in [-0.3, -0.25) is 14.5 Å². The number of carboxylic acids is 1. The summed E-state index contributed by atoms with van der Waals surface area (Å²) in [5.74, 6) is -1.04. The summed E-state index contributed by atoms with van der Waals surface area (Å²) >= 11 is 0. The van der Waals surface area contributed by atoms with Gasteiger partial charge in [0.1, 0.15) is 0 Å². The quantitative estimate of drug-likeness (QED) is 0.830. The summed E-state index contributed by atoms with van der Waals surface area (Å²) < 4.78 is 0. The molecule has 7 heteroatoms. The molecule has 0 radical (unpaired) electrons. The van der Waals surface area contributed by atoms with Crippen LogP contribution in [-0.4, -0.2) is 54.6 Å². The number of nitrogens with one attached hydrogen (secondary N) is 1. The number of hydrogen-bond acceptors (Lipinski definition) is 3. The van der Waals surface area contributed by atoms with E-state index in [1.165, 1.54) is 4.90 Å². The van der Waals surface area contributed by atoms with Crippen molar-refractivity contribution in [3.05, 3.63) is 29.3 Å². The second-order valence-electron chi connectivity index (χ2n) is 5.56. The number of rotatable bonds is 6. The summed E-state index contributed by atoms with van der Waals surface area (Å²) in [7, 11) is 1.65. The van der Waals surface area contributed by atoms with Crippen molar-refractivity contribution in [2.75, 3.05) is 31.6 Å². The molecule has 1 aliphatic heterocycles. The summed E-state index contributed by atoms with van der Waals surface area (Å²) in [5, 5.41) is 11.4. The van der Waals surface area contributed by atoms with Gasteiger partial charge in [0, 0.05) is 44.4 Å². The van der Waals surface area contributed by atoms with Gasteiger partial charge in [-0.25, -0.2) is 4.79 Å². The number of carboxylic acid groups (broad SMARTS) is 1. The van der Waals surface area contributed by atoms with E-state index >= 15 is 0 Å². The first kappa shape index (κ1) is 16.8. The van der Waals surface area contributed by atoms with Crippen LogP contribution < -0.4 is 10.2 Å². The van der Waals surface area contributed by atoms with Crippen LogP contribution >= 0.6 is 0 Å². The van der Waals surface area contributed by atoms with Crippen LogP contribution in [0.2, 0.25) is 0 Å². The molecule has 1 saturated heterocycles. The van der Waals surface area contributed by atoms with Gasteiger partial charge >= 0.3 is 12.0 Å². The number of nitrogens with zero attached hydrogens (tertiary/aromatic N) is 2. The molecule has 1 fully saturated rings. The molecule has 1 aromatic carbocycles. The molecule has 0 unspecified atom stereocenters. The summed E-state index contributed by atoms with van der Waals surface area (Å²) in [5.41, 5.74) is 2.00. The molecule has 1 heterocycles. The molecular formula is C16H21N3O4. The number of carbonyl (C=O) groups is 3. The second kappa shape index (κ2) is 7.13. The first-order valence-corrected chi connectivity index (χ1v) is 7.54. The average Bonchev–Trinajstić information content (AvgIpc) is 2.92. The molecule has 1 aliphatic rings. The molecule has 124 valence electrons. The highest BCUT2D eigenvalue weighted by molar-refractivity contribution is 6.00. The Bertz CT molecular complexity index is 630. The van der Waals surface area contributed by atoms with Gasteiger partial charge in [0.15, 0.2) is 0 Å². The van der Waals surface area contributed by atoms with Crippen molar-refractivity contribution in [3.8, 4) is 0 Å². The van der Waals surface area contributed by atoms with Gasteiger partial charge in [0.2, 0.25) is 0 Å². The number of anilines is 1. The van der Waals surface area contributed by atoms with E-state index in [-0.39, 0.29) is 18.4 Å². The lowest BCUT2D eigenvalue weighted by atomic mass is 10.0. The molecule has 23 heavy (non-hydrogen) atoms. The molecule has 7 nitrogen and oxygen atoms in total. The van der Waals surface area contributed by atoms with Crippen LogP contribution in [-0.2, 0) is 4.79 Å². The monoisotopic (exact) mass is 319 g/mol. The van der Waals surface area contributed by atoms with Crippen LogP contribution in [0.1, 0.15) is 28.8 Å². The fourth-order valence-corrected chi connectivity index (χ4v) is 2.62. The standard InChI is InChI=1S/C16H21N3O4/c1-11-12(15(22)18(2)9-4-7-14(20)21)5-3-6-13(11)19-10-8-17-16(19)23/h3,5-6H,4,7-10H2,1-2H3,(H,17,23)(H,20,21). The van der Waals surface area contributed by atoms with E-state index in [0.29, 0.717) is 31.6 Å². The van der Waals surface area contributed by atoms with E-state index in [2.05, 4.69) is 5.32 Å². The molecule has 0 saturated carbocycles. The minimum atomic E-state index is -0.871. The molecule has 1 aromatic rings.